The molecular weight excluding hydrogens is 263 g/mol. The first-order valence-electron chi connectivity index (χ1n) is 6.41. The summed E-state index contributed by atoms with van der Waals surface area (Å²) >= 11 is 0. The molecule has 1 N–H and O–H groups in total. The van der Waals surface area contributed by atoms with E-state index in [9.17, 15) is 18.0 Å². The third-order valence-corrected chi connectivity index (χ3v) is 3.36. The van der Waals surface area contributed by atoms with Crippen LogP contribution in [-0.4, -0.2) is 41.1 Å². The summed E-state index contributed by atoms with van der Waals surface area (Å²) in [4.78, 5) is 22.7. The Labute approximate surface area is 109 Å². The molecule has 1 amide bonds. The van der Waals surface area contributed by atoms with E-state index in [0.717, 1.165) is 25.9 Å². The molecule has 1 aliphatic heterocycles. The lowest BCUT2D eigenvalue weighted by Gasteiger charge is -2.19. The minimum atomic E-state index is -5.08. The van der Waals surface area contributed by atoms with Crippen molar-refractivity contribution in [3.8, 4) is 0 Å². The van der Waals surface area contributed by atoms with Gasteiger partial charge >= 0.3 is 12.1 Å². The topological polar surface area (TPSA) is 57.6 Å². The molecule has 2 aliphatic rings. The first-order valence-corrected chi connectivity index (χ1v) is 6.41. The summed E-state index contributed by atoms with van der Waals surface area (Å²) in [7, 11) is 0. The summed E-state index contributed by atoms with van der Waals surface area (Å²) in [6.07, 6.45) is 2.19. The Balaban J connectivity index is 0.000000224. The maximum Gasteiger partial charge on any atom is 0.490 e. The van der Waals surface area contributed by atoms with Crippen LogP contribution in [0, 0.1) is 5.92 Å². The standard InChI is InChI=1S/C10H17NO.C2HF3O2/c12-10(9-5-1-2-6-9)11-7-3-4-8-11;3-2(4,5)1(6)7/h9H,1-8H2;(H,6,7). The Kier molecular flexibility index (Phi) is 5.62. The van der Waals surface area contributed by atoms with Crippen molar-refractivity contribution >= 4 is 11.9 Å². The summed E-state index contributed by atoms with van der Waals surface area (Å²) in [6.45, 7) is 2.05. The van der Waals surface area contributed by atoms with Crippen LogP contribution in [0.25, 0.3) is 0 Å². The number of carboxylic acids is 1. The van der Waals surface area contributed by atoms with Crippen LogP contribution < -0.4 is 0 Å². The summed E-state index contributed by atoms with van der Waals surface area (Å²) in [5.41, 5.74) is 0. The molecule has 0 spiro atoms. The van der Waals surface area contributed by atoms with Crippen LogP contribution in [0.4, 0.5) is 13.2 Å². The highest BCUT2D eigenvalue weighted by Crippen LogP contribution is 2.27. The molecule has 1 heterocycles. The van der Waals surface area contributed by atoms with E-state index >= 15 is 0 Å². The predicted octanol–water partition coefficient (Wildman–Crippen LogP) is 2.43. The first-order chi connectivity index (χ1) is 8.82. The molecule has 0 bridgehead atoms. The van der Waals surface area contributed by atoms with E-state index in [4.69, 9.17) is 9.90 Å². The van der Waals surface area contributed by atoms with Crippen LogP contribution in [0.1, 0.15) is 38.5 Å². The van der Waals surface area contributed by atoms with Crippen molar-refractivity contribution in [2.24, 2.45) is 5.92 Å². The second kappa shape index (κ2) is 6.77. The van der Waals surface area contributed by atoms with E-state index in [-0.39, 0.29) is 0 Å². The van der Waals surface area contributed by atoms with Gasteiger partial charge in [0.2, 0.25) is 5.91 Å². The number of carbonyl (C=O) groups is 2. The summed E-state index contributed by atoms with van der Waals surface area (Å²) in [6, 6.07) is 0. The van der Waals surface area contributed by atoms with Crippen LogP contribution in [0.3, 0.4) is 0 Å². The molecule has 0 aromatic heterocycles. The van der Waals surface area contributed by atoms with Crippen molar-refractivity contribution in [1.82, 2.24) is 4.90 Å². The molecular formula is C12H18F3NO3. The van der Waals surface area contributed by atoms with Gasteiger partial charge in [0.15, 0.2) is 0 Å². The van der Waals surface area contributed by atoms with E-state index in [1.54, 1.807) is 0 Å². The summed E-state index contributed by atoms with van der Waals surface area (Å²) in [5, 5.41) is 7.12. The van der Waals surface area contributed by atoms with Crippen molar-refractivity contribution in [3.05, 3.63) is 0 Å². The zero-order chi connectivity index (χ0) is 14.5. The molecule has 19 heavy (non-hydrogen) atoms. The van der Waals surface area contributed by atoms with Gasteiger partial charge in [0.1, 0.15) is 0 Å². The van der Waals surface area contributed by atoms with Crippen molar-refractivity contribution in [3.63, 3.8) is 0 Å². The molecule has 0 aromatic rings. The van der Waals surface area contributed by atoms with Crippen LogP contribution >= 0.6 is 0 Å². The molecule has 0 radical (unpaired) electrons. The normalized spacial score (nSPS) is 20.1. The number of likely N-dealkylation sites (tertiary alicyclic amines) is 1. The Hall–Kier alpha value is -1.27. The number of alkyl halides is 3. The second-order valence-corrected chi connectivity index (χ2v) is 4.82. The smallest absolute Gasteiger partial charge is 0.475 e. The lowest BCUT2D eigenvalue weighted by molar-refractivity contribution is -0.192. The lowest BCUT2D eigenvalue weighted by atomic mass is 10.1. The molecule has 1 saturated heterocycles. The minimum absolute atomic E-state index is 0.392. The van der Waals surface area contributed by atoms with E-state index < -0.39 is 12.1 Å². The van der Waals surface area contributed by atoms with Crippen LogP contribution in [0.5, 0.6) is 0 Å². The number of carboxylic acid groups (broad SMARTS) is 1. The molecule has 7 heteroatoms. The molecule has 4 nitrogen and oxygen atoms in total. The molecule has 110 valence electrons. The Morgan fingerprint density at radius 1 is 1.00 bits per heavy atom. The zero-order valence-corrected chi connectivity index (χ0v) is 10.6. The van der Waals surface area contributed by atoms with Gasteiger partial charge in [0.05, 0.1) is 0 Å². The number of rotatable bonds is 1. The maximum atomic E-state index is 11.8. The van der Waals surface area contributed by atoms with Gasteiger partial charge < -0.3 is 10.0 Å². The summed E-state index contributed by atoms with van der Waals surface area (Å²) in [5.74, 6) is -1.92. The third-order valence-electron chi connectivity index (χ3n) is 3.36. The number of hydrogen-bond donors (Lipinski definition) is 1. The second-order valence-electron chi connectivity index (χ2n) is 4.82. The maximum absolute atomic E-state index is 11.8. The largest absolute Gasteiger partial charge is 0.490 e. The van der Waals surface area contributed by atoms with Crippen molar-refractivity contribution < 1.29 is 27.9 Å². The van der Waals surface area contributed by atoms with Crippen molar-refractivity contribution in [2.75, 3.05) is 13.1 Å². The predicted molar refractivity (Wildman–Crippen MR) is 61.5 cm³/mol. The highest BCUT2D eigenvalue weighted by atomic mass is 19.4. The number of aliphatic carboxylic acids is 1. The van der Waals surface area contributed by atoms with Crippen molar-refractivity contribution in [2.45, 2.75) is 44.7 Å². The SMILES string of the molecule is O=C(C1CCCC1)N1CCCC1.O=C(O)C(F)(F)F. The minimum Gasteiger partial charge on any atom is -0.475 e. The van der Waals surface area contributed by atoms with Crippen LogP contribution in [0.2, 0.25) is 0 Å². The fraction of sp³-hybridized carbons (Fsp3) is 0.833. The first kappa shape index (κ1) is 15.8. The molecule has 1 saturated carbocycles. The van der Waals surface area contributed by atoms with Crippen LogP contribution in [-0.2, 0) is 9.59 Å². The average Bonchev–Trinajstić information content (AvgIpc) is 3.01. The van der Waals surface area contributed by atoms with Crippen molar-refractivity contribution in [1.29, 1.82) is 0 Å². The lowest BCUT2D eigenvalue weighted by Crippen LogP contribution is -2.32. The quantitative estimate of drug-likeness (QED) is 0.803. The van der Waals surface area contributed by atoms with Gasteiger partial charge in [-0.25, -0.2) is 4.79 Å². The van der Waals surface area contributed by atoms with Gasteiger partial charge in [-0.15, -0.1) is 0 Å². The number of halogens is 3. The van der Waals surface area contributed by atoms with Gasteiger partial charge in [-0.2, -0.15) is 13.2 Å². The van der Waals surface area contributed by atoms with E-state index in [0.29, 0.717) is 11.8 Å². The van der Waals surface area contributed by atoms with Gasteiger partial charge in [-0.1, -0.05) is 12.8 Å². The van der Waals surface area contributed by atoms with E-state index in [1.807, 2.05) is 0 Å². The van der Waals surface area contributed by atoms with Crippen LogP contribution in [0.15, 0.2) is 0 Å². The number of hydrogen-bond acceptors (Lipinski definition) is 2. The highest BCUT2D eigenvalue weighted by molar-refractivity contribution is 5.79. The molecule has 0 unspecified atom stereocenters. The fourth-order valence-electron chi connectivity index (χ4n) is 2.37. The Morgan fingerprint density at radius 2 is 1.42 bits per heavy atom. The van der Waals surface area contributed by atoms with Gasteiger partial charge in [-0.3, -0.25) is 4.79 Å². The molecule has 1 aliphatic carbocycles. The number of nitrogens with zero attached hydrogens (tertiary/aromatic N) is 1. The monoisotopic (exact) mass is 281 g/mol. The van der Waals surface area contributed by atoms with E-state index in [2.05, 4.69) is 4.90 Å². The number of carbonyl (C=O) groups excluding carboxylic acids is 1. The number of amides is 1. The van der Waals surface area contributed by atoms with E-state index in [1.165, 1.54) is 25.7 Å². The van der Waals surface area contributed by atoms with Gasteiger partial charge in [-0.05, 0) is 25.7 Å². The van der Waals surface area contributed by atoms with Gasteiger partial charge in [0.25, 0.3) is 0 Å². The average molecular weight is 281 g/mol. The Bertz CT molecular complexity index is 301. The molecule has 0 atom stereocenters. The molecule has 0 aromatic carbocycles. The fourth-order valence-corrected chi connectivity index (χ4v) is 2.37. The molecule has 2 fully saturated rings. The third kappa shape index (κ3) is 5.08. The Morgan fingerprint density at radius 3 is 1.79 bits per heavy atom. The zero-order valence-electron chi connectivity index (χ0n) is 10.6. The summed E-state index contributed by atoms with van der Waals surface area (Å²) < 4.78 is 31.7. The van der Waals surface area contributed by atoms with Gasteiger partial charge in [0, 0.05) is 19.0 Å². The highest BCUT2D eigenvalue weighted by Gasteiger charge is 2.38. The molecule has 2 rings (SSSR count).